The fourth-order valence-corrected chi connectivity index (χ4v) is 5.69. The Morgan fingerprint density at radius 1 is 0.686 bits per heavy atom. The number of carbonyl (C=O) groups excluding carboxylic acids is 4. The van der Waals surface area contributed by atoms with Gasteiger partial charge in [-0.15, -0.1) is 0 Å². The number of aromatic hydroxyl groups is 1. The lowest BCUT2D eigenvalue weighted by Gasteiger charge is -2.26. The molecule has 1 aliphatic rings. The van der Waals surface area contributed by atoms with Gasteiger partial charge in [0.1, 0.15) is 23.9 Å². The number of aliphatic imine (C=N–C) groups is 2. The first-order valence-electron chi connectivity index (χ1n) is 16.8. The zero-order valence-corrected chi connectivity index (χ0v) is 28.3. The summed E-state index contributed by atoms with van der Waals surface area (Å²) in [7, 11) is 0. The predicted octanol–water partition coefficient (Wildman–Crippen LogP) is -0.890. The molecular weight excluding hydrogens is 654 g/mol. The van der Waals surface area contributed by atoms with Crippen LogP contribution < -0.4 is 49.5 Å². The molecule has 1 heterocycles. The maximum Gasteiger partial charge on any atom is 0.243 e. The van der Waals surface area contributed by atoms with E-state index in [-0.39, 0.29) is 63.1 Å². The van der Waals surface area contributed by atoms with Crippen molar-refractivity contribution in [1.29, 1.82) is 0 Å². The molecule has 0 aliphatic carbocycles. The number of benzene rings is 3. The van der Waals surface area contributed by atoms with Crippen LogP contribution in [0.1, 0.15) is 42.9 Å². The van der Waals surface area contributed by atoms with E-state index >= 15 is 0 Å². The predicted molar refractivity (Wildman–Crippen MR) is 195 cm³/mol. The van der Waals surface area contributed by atoms with Crippen molar-refractivity contribution in [2.24, 2.45) is 32.9 Å². The van der Waals surface area contributed by atoms with E-state index < -0.39 is 47.8 Å². The molecule has 16 nitrogen and oxygen atoms in total. The number of phenolic OH excluding ortho intramolecular Hbond substituents is 1. The Bertz CT molecular complexity index is 1720. The first-order chi connectivity index (χ1) is 24.5. The number of fused-ring (bicyclic) bond motifs is 1. The quantitative estimate of drug-likeness (QED) is 0.0669. The number of hydrogen-bond acceptors (Lipinski definition) is 8. The second-order valence-electron chi connectivity index (χ2n) is 12.3. The number of hydrogen-bond donors (Lipinski definition) is 10. The highest BCUT2D eigenvalue weighted by atomic mass is 16.3. The zero-order chi connectivity index (χ0) is 36.8. The van der Waals surface area contributed by atoms with Crippen LogP contribution in [0.3, 0.4) is 0 Å². The van der Waals surface area contributed by atoms with Gasteiger partial charge in [-0.05, 0) is 65.8 Å². The van der Waals surface area contributed by atoms with Crippen LogP contribution in [0.5, 0.6) is 5.75 Å². The summed E-state index contributed by atoms with van der Waals surface area (Å²) in [6.07, 6.45) is 1.07. The van der Waals surface area contributed by atoms with Crippen molar-refractivity contribution in [3.63, 3.8) is 0 Å². The Morgan fingerprint density at radius 3 is 1.86 bits per heavy atom. The highest BCUT2D eigenvalue weighted by molar-refractivity contribution is 5.95. The smallest absolute Gasteiger partial charge is 0.243 e. The van der Waals surface area contributed by atoms with Crippen molar-refractivity contribution < 1.29 is 24.3 Å². The molecule has 272 valence electrons. The Morgan fingerprint density at radius 2 is 1.25 bits per heavy atom. The SMILES string of the molecule is NC(N)=NCCC[C@@H]1NC(=O)[C@H](CCCN=C(N)N)NC(=O)[C@@H](Cc2ccc(O)cc2)NC(=O)CNC[C@H](c2ccc3ccccc3c2)NC1=O. The first-order valence-corrected chi connectivity index (χ1v) is 16.8. The maximum absolute atomic E-state index is 14.0. The molecule has 1 aliphatic heterocycles. The van der Waals surface area contributed by atoms with Gasteiger partial charge in [0.25, 0.3) is 0 Å². The third-order valence-electron chi connectivity index (χ3n) is 8.31. The van der Waals surface area contributed by atoms with Crippen LogP contribution in [0.15, 0.2) is 76.7 Å². The van der Waals surface area contributed by atoms with Crippen molar-refractivity contribution in [2.75, 3.05) is 26.2 Å². The number of nitrogens with two attached hydrogens (primary N) is 4. The van der Waals surface area contributed by atoms with E-state index in [2.05, 4.69) is 36.6 Å². The average Bonchev–Trinajstić information content (AvgIpc) is 3.10. The fraction of sp³-hybridized carbons (Fsp3) is 0.371. The Balaban J connectivity index is 1.67. The zero-order valence-electron chi connectivity index (χ0n) is 28.3. The lowest BCUT2D eigenvalue weighted by atomic mass is 10.0. The number of nitrogens with zero attached hydrogens (tertiary/aromatic N) is 2. The Kier molecular flexibility index (Phi) is 13.9. The fourth-order valence-electron chi connectivity index (χ4n) is 5.69. The lowest BCUT2D eigenvalue weighted by Crippen LogP contribution is -2.57. The molecule has 1 saturated heterocycles. The average molecular weight is 702 g/mol. The number of phenols is 1. The van der Waals surface area contributed by atoms with Gasteiger partial charge in [0, 0.05) is 26.1 Å². The molecule has 4 amide bonds. The summed E-state index contributed by atoms with van der Waals surface area (Å²) in [6, 6.07) is 16.0. The van der Waals surface area contributed by atoms with Crippen molar-refractivity contribution >= 4 is 46.3 Å². The summed E-state index contributed by atoms with van der Waals surface area (Å²) in [4.78, 5) is 62.8. The summed E-state index contributed by atoms with van der Waals surface area (Å²) in [5.41, 5.74) is 23.4. The molecule has 0 radical (unpaired) electrons. The van der Waals surface area contributed by atoms with Crippen LogP contribution in [0, 0.1) is 0 Å². The number of amides is 4. The van der Waals surface area contributed by atoms with Crippen molar-refractivity contribution in [3.8, 4) is 5.75 Å². The minimum absolute atomic E-state index is 0.0491. The van der Waals surface area contributed by atoms with E-state index in [1.165, 1.54) is 12.1 Å². The van der Waals surface area contributed by atoms with Crippen LogP contribution in [0.4, 0.5) is 0 Å². The van der Waals surface area contributed by atoms with Crippen LogP contribution in [-0.4, -0.2) is 85.0 Å². The molecule has 51 heavy (non-hydrogen) atoms. The number of guanidine groups is 2. The van der Waals surface area contributed by atoms with E-state index in [1.807, 2.05) is 42.5 Å². The van der Waals surface area contributed by atoms with Crippen molar-refractivity contribution in [3.05, 3.63) is 77.9 Å². The first kappa shape index (κ1) is 37.9. The van der Waals surface area contributed by atoms with E-state index in [0.29, 0.717) is 18.4 Å². The van der Waals surface area contributed by atoms with Gasteiger partial charge >= 0.3 is 0 Å². The van der Waals surface area contributed by atoms with E-state index in [1.54, 1.807) is 12.1 Å². The molecular formula is C35H47N11O5. The van der Waals surface area contributed by atoms with Crippen LogP contribution in [0.2, 0.25) is 0 Å². The molecule has 0 unspecified atom stereocenters. The number of nitrogens with one attached hydrogen (secondary N) is 5. The molecule has 4 rings (SSSR count). The van der Waals surface area contributed by atoms with E-state index in [9.17, 15) is 24.3 Å². The lowest BCUT2D eigenvalue weighted by molar-refractivity contribution is -0.133. The molecule has 0 spiro atoms. The molecule has 1 fully saturated rings. The molecule has 0 saturated carbocycles. The highest BCUT2D eigenvalue weighted by Gasteiger charge is 2.31. The third kappa shape index (κ3) is 12.2. The molecule has 14 N–H and O–H groups in total. The standard InChI is InChI=1S/C35H47N11O5/c36-34(37)41-15-3-7-26-31(49)44-27(8-4-16-42-35(38)39)32(50)46-29(24-12-11-22-5-1-2-6-23(22)18-24)19-40-20-30(48)43-28(33(51)45-26)17-21-9-13-25(47)14-10-21/h1-2,5-6,9-14,18,26-29,40,47H,3-4,7-8,15-17,19-20H2,(H,43,48)(H,44,49)(H,45,51)(H,46,50)(H4,36,37,41)(H4,38,39,42)/t26-,27-,28+,29+/m0/s1. The van der Waals surface area contributed by atoms with Crippen LogP contribution >= 0.6 is 0 Å². The van der Waals surface area contributed by atoms with Gasteiger partial charge in [-0.25, -0.2) is 0 Å². The molecule has 3 aromatic rings. The van der Waals surface area contributed by atoms with E-state index in [0.717, 1.165) is 16.3 Å². The molecule has 4 atom stereocenters. The minimum atomic E-state index is -1.11. The van der Waals surface area contributed by atoms with Gasteiger partial charge < -0.3 is 54.6 Å². The normalized spacial score (nSPS) is 20.5. The van der Waals surface area contributed by atoms with Crippen molar-refractivity contribution in [1.82, 2.24) is 26.6 Å². The highest BCUT2D eigenvalue weighted by Crippen LogP contribution is 2.21. The van der Waals surface area contributed by atoms with Gasteiger partial charge in [0.2, 0.25) is 23.6 Å². The van der Waals surface area contributed by atoms with Crippen LogP contribution in [0.25, 0.3) is 10.8 Å². The number of rotatable bonds is 11. The maximum atomic E-state index is 14.0. The third-order valence-corrected chi connectivity index (χ3v) is 8.31. The van der Waals surface area contributed by atoms with Crippen LogP contribution in [-0.2, 0) is 25.6 Å². The summed E-state index contributed by atoms with van der Waals surface area (Å²) < 4.78 is 0. The van der Waals surface area contributed by atoms with Gasteiger partial charge in [-0.1, -0.05) is 48.5 Å². The van der Waals surface area contributed by atoms with E-state index in [4.69, 9.17) is 22.9 Å². The summed E-state index contributed by atoms with van der Waals surface area (Å²) in [6.45, 7) is 0.412. The monoisotopic (exact) mass is 701 g/mol. The summed E-state index contributed by atoms with van der Waals surface area (Å²) >= 11 is 0. The Labute approximate surface area is 295 Å². The minimum Gasteiger partial charge on any atom is -0.508 e. The molecule has 16 heteroatoms. The number of carbonyl (C=O) groups is 4. The summed E-state index contributed by atoms with van der Waals surface area (Å²) in [5.74, 6) is -2.33. The summed E-state index contributed by atoms with van der Waals surface area (Å²) in [5, 5.41) is 26.3. The Hall–Kier alpha value is -5.90. The van der Waals surface area contributed by atoms with Gasteiger partial charge in [0.05, 0.1) is 12.6 Å². The van der Waals surface area contributed by atoms with Gasteiger partial charge in [-0.2, -0.15) is 0 Å². The topological polar surface area (TPSA) is 277 Å². The molecule has 0 bridgehead atoms. The molecule has 3 aromatic carbocycles. The van der Waals surface area contributed by atoms with Gasteiger partial charge in [0.15, 0.2) is 11.9 Å². The largest absolute Gasteiger partial charge is 0.508 e. The van der Waals surface area contributed by atoms with Gasteiger partial charge in [-0.3, -0.25) is 29.2 Å². The van der Waals surface area contributed by atoms with Crippen molar-refractivity contribution in [2.45, 2.75) is 56.3 Å². The second-order valence-corrected chi connectivity index (χ2v) is 12.3. The molecule has 0 aromatic heterocycles. The second kappa shape index (κ2) is 18.7.